The van der Waals surface area contributed by atoms with Crippen LogP contribution in [0.25, 0.3) is 0 Å². The van der Waals surface area contributed by atoms with Gasteiger partial charge in [-0.2, -0.15) is 0 Å². The Morgan fingerprint density at radius 3 is 2.60 bits per heavy atom. The normalized spacial score (nSPS) is 20.0. The summed E-state index contributed by atoms with van der Waals surface area (Å²) < 4.78 is 11.8. The van der Waals surface area contributed by atoms with E-state index in [-0.39, 0.29) is 29.4 Å². The Kier molecular flexibility index (Phi) is 5.58. The molecule has 2 amide bonds. The van der Waals surface area contributed by atoms with Gasteiger partial charge in [0, 0.05) is 44.3 Å². The van der Waals surface area contributed by atoms with Gasteiger partial charge in [-0.3, -0.25) is 9.59 Å². The van der Waals surface area contributed by atoms with E-state index in [0.717, 1.165) is 30.6 Å². The summed E-state index contributed by atoms with van der Waals surface area (Å²) in [7, 11) is 0. The van der Waals surface area contributed by atoms with Crippen molar-refractivity contribution < 1.29 is 18.7 Å². The summed E-state index contributed by atoms with van der Waals surface area (Å²) in [5, 5.41) is 3.01. The van der Waals surface area contributed by atoms with E-state index in [1.54, 1.807) is 12.3 Å². The first-order valence-electron chi connectivity index (χ1n) is 10.8. The molecule has 2 aromatic rings. The first-order valence-corrected chi connectivity index (χ1v) is 10.8. The van der Waals surface area contributed by atoms with Crippen LogP contribution < -0.4 is 10.1 Å². The minimum absolute atomic E-state index is 0.0140. The van der Waals surface area contributed by atoms with Gasteiger partial charge in [-0.05, 0) is 44.9 Å². The molecular weight excluding hydrogens is 380 g/mol. The molecule has 160 valence electrons. The lowest BCUT2D eigenvalue weighted by atomic mass is 9.76. The molecule has 6 heteroatoms. The Morgan fingerprint density at radius 2 is 1.93 bits per heavy atom. The topological polar surface area (TPSA) is 71.8 Å². The van der Waals surface area contributed by atoms with Crippen LogP contribution in [-0.4, -0.2) is 41.4 Å². The first-order chi connectivity index (χ1) is 14.4. The van der Waals surface area contributed by atoms with Crippen molar-refractivity contribution in [2.24, 2.45) is 0 Å². The lowest BCUT2D eigenvalue weighted by Gasteiger charge is -2.47. The summed E-state index contributed by atoms with van der Waals surface area (Å²) in [6.07, 6.45) is 4.32. The zero-order valence-corrected chi connectivity index (χ0v) is 17.9. The molecule has 30 heavy (non-hydrogen) atoms. The van der Waals surface area contributed by atoms with Gasteiger partial charge in [0.1, 0.15) is 17.1 Å². The highest BCUT2D eigenvalue weighted by Gasteiger charge is 2.44. The zero-order valence-electron chi connectivity index (χ0n) is 17.9. The highest BCUT2D eigenvalue weighted by atomic mass is 16.5. The molecule has 1 fully saturated rings. The van der Waals surface area contributed by atoms with Crippen molar-refractivity contribution in [1.82, 2.24) is 10.2 Å². The predicted octanol–water partition coefficient (Wildman–Crippen LogP) is 4.04. The lowest BCUT2D eigenvalue weighted by Crippen LogP contribution is -2.52. The molecule has 1 aromatic heterocycles. The first kappa shape index (κ1) is 20.5. The van der Waals surface area contributed by atoms with E-state index in [9.17, 15) is 9.59 Å². The van der Waals surface area contributed by atoms with Gasteiger partial charge in [0.2, 0.25) is 5.91 Å². The average molecular weight is 411 g/mol. The van der Waals surface area contributed by atoms with Crippen molar-refractivity contribution in [2.75, 3.05) is 13.1 Å². The van der Waals surface area contributed by atoms with Crippen molar-refractivity contribution in [3.05, 3.63) is 53.5 Å². The quantitative estimate of drug-likeness (QED) is 0.826. The molecule has 1 saturated heterocycles. The molecule has 0 bridgehead atoms. The zero-order chi connectivity index (χ0) is 21.3. The number of benzene rings is 1. The Morgan fingerprint density at radius 1 is 1.20 bits per heavy atom. The third kappa shape index (κ3) is 4.09. The molecule has 3 heterocycles. The van der Waals surface area contributed by atoms with Crippen LogP contribution in [0.15, 0.2) is 41.0 Å². The molecule has 1 aromatic carbocycles. The van der Waals surface area contributed by atoms with Crippen molar-refractivity contribution >= 4 is 11.8 Å². The number of ether oxygens (including phenoxy) is 1. The molecule has 1 unspecified atom stereocenters. The van der Waals surface area contributed by atoms with Gasteiger partial charge < -0.3 is 19.4 Å². The van der Waals surface area contributed by atoms with Crippen LogP contribution in [-0.2, 0) is 4.79 Å². The second-order valence-electron chi connectivity index (χ2n) is 8.83. The van der Waals surface area contributed by atoms with Crippen LogP contribution in [0.3, 0.4) is 0 Å². The van der Waals surface area contributed by atoms with Crippen LogP contribution in [0.5, 0.6) is 5.75 Å². The standard InChI is InChI=1S/C24H30N2O4/c1-16(2)25-22(27)14-18-15-24(30-21-7-5-4-6-20(18)21)9-11-26(12-10-24)23(28)19-8-13-29-17(19)3/h4-8,13,16,18H,9-12,14-15H2,1-3H3,(H,25,27). The summed E-state index contributed by atoms with van der Waals surface area (Å²) in [5.74, 6) is 1.73. The summed E-state index contributed by atoms with van der Waals surface area (Å²) in [6, 6.07) is 9.90. The molecule has 1 atom stereocenters. The molecule has 0 saturated carbocycles. The Balaban J connectivity index is 1.49. The SMILES string of the molecule is Cc1occc1C(=O)N1CCC2(CC1)CC(CC(=O)NC(C)C)c1ccccc1O2. The number of para-hydroxylation sites is 1. The van der Waals surface area contributed by atoms with Crippen LogP contribution >= 0.6 is 0 Å². The molecule has 4 rings (SSSR count). The van der Waals surface area contributed by atoms with E-state index in [1.165, 1.54) is 0 Å². The van der Waals surface area contributed by atoms with Crippen LogP contribution in [0.4, 0.5) is 0 Å². The maximum Gasteiger partial charge on any atom is 0.257 e. The van der Waals surface area contributed by atoms with Gasteiger partial charge >= 0.3 is 0 Å². The fourth-order valence-electron chi connectivity index (χ4n) is 4.73. The number of hydrogen-bond donors (Lipinski definition) is 1. The predicted molar refractivity (Wildman–Crippen MR) is 114 cm³/mol. The number of likely N-dealkylation sites (tertiary alicyclic amines) is 1. The van der Waals surface area contributed by atoms with Gasteiger partial charge in [-0.25, -0.2) is 0 Å². The second-order valence-corrected chi connectivity index (χ2v) is 8.83. The number of aryl methyl sites for hydroxylation is 1. The van der Waals surface area contributed by atoms with E-state index in [2.05, 4.69) is 11.4 Å². The van der Waals surface area contributed by atoms with Gasteiger partial charge in [0.05, 0.1) is 11.8 Å². The van der Waals surface area contributed by atoms with E-state index >= 15 is 0 Å². The highest BCUT2D eigenvalue weighted by Crippen LogP contribution is 2.46. The number of nitrogens with one attached hydrogen (secondary N) is 1. The smallest absolute Gasteiger partial charge is 0.257 e. The van der Waals surface area contributed by atoms with E-state index < -0.39 is 0 Å². The number of fused-ring (bicyclic) bond motifs is 1. The number of nitrogens with zero attached hydrogens (tertiary/aromatic N) is 1. The molecular formula is C24H30N2O4. The Bertz CT molecular complexity index is 925. The van der Waals surface area contributed by atoms with Crippen molar-refractivity contribution in [2.45, 2.75) is 64.0 Å². The van der Waals surface area contributed by atoms with E-state index in [0.29, 0.717) is 30.8 Å². The molecule has 6 nitrogen and oxygen atoms in total. The molecule has 1 spiro atoms. The van der Waals surface area contributed by atoms with Gasteiger partial charge in [-0.1, -0.05) is 18.2 Å². The molecule has 0 radical (unpaired) electrons. The van der Waals surface area contributed by atoms with Crippen molar-refractivity contribution in [3.63, 3.8) is 0 Å². The third-order valence-corrected chi connectivity index (χ3v) is 6.24. The second kappa shape index (κ2) is 8.17. The van der Waals surface area contributed by atoms with Crippen molar-refractivity contribution in [3.8, 4) is 5.75 Å². The third-order valence-electron chi connectivity index (χ3n) is 6.24. The monoisotopic (exact) mass is 410 g/mol. The van der Waals surface area contributed by atoms with E-state index in [1.807, 2.05) is 43.9 Å². The maximum absolute atomic E-state index is 12.8. The largest absolute Gasteiger partial charge is 0.487 e. The molecule has 1 N–H and O–H groups in total. The molecule has 2 aliphatic heterocycles. The summed E-state index contributed by atoms with van der Waals surface area (Å²) in [4.78, 5) is 27.2. The number of carbonyl (C=O) groups is 2. The Hall–Kier alpha value is -2.76. The fraction of sp³-hybridized carbons (Fsp3) is 0.500. The summed E-state index contributed by atoms with van der Waals surface area (Å²) in [6.45, 7) is 7.04. The van der Waals surface area contributed by atoms with Crippen LogP contribution in [0.2, 0.25) is 0 Å². The number of amides is 2. The molecule has 0 aliphatic carbocycles. The van der Waals surface area contributed by atoms with Crippen LogP contribution in [0.1, 0.15) is 67.1 Å². The average Bonchev–Trinajstić information content (AvgIpc) is 3.13. The fourth-order valence-corrected chi connectivity index (χ4v) is 4.73. The maximum atomic E-state index is 12.8. The van der Waals surface area contributed by atoms with Gasteiger partial charge in [-0.15, -0.1) is 0 Å². The number of rotatable bonds is 4. The van der Waals surface area contributed by atoms with E-state index in [4.69, 9.17) is 9.15 Å². The number of furan rings is 1. The number of piperidine rings is 1. The summed E-state index contributed by atoms with van der Waals surface area (Å²) >= 11 is 0. The van der Waals surface area contributed by atoms with Crippen molar-refractivity contribution in [1.29, 1.82) is 0 Å². The molecule has 2 aliphatic rings. The van der Waals surface area contributed by atoms with Gasteiger partial charge in [0.25, 0.3) is 5.91 Å². The minimum Gasteiger partial charge on any atom is -0.487 e. The minimum atomic E-state index is -0.334. The number of carbonyl (C=O) groups excluding carboxylic acids is 2. The van der Waals surface area contributed by atoms with Crippen LogP contribution in [0, 0.1) is 6.92 Å². The Labute approximate surface area is 177 Å². The van der Waals surface area contributed by atoms with Gasteiger partial charge in [0.15, 0.2) is 0 Å². The summed E-state index contributed by atoms with van der Waals surface area (Å²) in [5.41, 5.74) is 1.40. The lowest BCUT2D eigenvalue weighted by molar-refractivity contribution is -0.122. The highest BCUT2D eigenvalue weighted by molar-refractivity contribution is 5.95. The number of hydrogen-bond acceptors (Lipinski definition) is 4.